The molecular formula is C17H13ClO4. The van der Waals surface area contributed by atoms with E-state index < -0.39 is 24.0 Å². The standard InChI is InChI=1S/C17H13ClO4/c1-21-17(20)14-12-4-2-3-5-13(12)16(19)22-15(14)10-6-8-11(18)9-7-10/h2-9,14-15H,1H3/t14-,15+/m1/s1. The van der Waals surface area contributed by atoms with Crippen LogP contribution in [0.1, 0.15) is 33.5 Å². The Morgan fingerprint density at radius 2 is 1.82 bits per heavy atom. The van der Waals surface area contributed by atoms with E-state index in [0.717, 1.165) is 0 Å². The molecule has 2 aromatic rings. The summed E-state index contributed by atoms with van der Waals surface area (Å²) in [6, 6.07) is 13.8. The number of esters is 2. The average molecular weight is 317 g/mol. The van der Waals surface area contributed by atoms with Gasteiger partial charge in [0.05, 0.1) is 12.7 Å². The van der Waals surface area contributed by atoms with Crippen LogP contribution in [0.4, 0.5) is 0 Å². The lowest BCUT2D eigenvalue weighted by Crippen LogP contribution is -2.31. The van der Waals surface area contributed by atoms with Crippen LogP contribution in [0.2, 0.25) is 5.02 Å². The molecule has 1 heterocycles. The molecule has 0 bridgehead atoms. The minimum Gasteiger partial charge on any atom is -0.468 e. The molecule has 1 aliphatic rings. The van der Waals surface area contributed by atoms with Crippen molar-refractivity contribution in [3.63, 3.8) is 0 Å². The van der Waals surface area contributed by atoms with Crippen LogP contribution in [-0.2, 0) is 14.3 Å². The van der Waals surface area contributed by atoms with Crippen molar-refractivity contribution in [1.29, 1.82) is 0 Å². The smallest absolute Gasteiger partial charge is 0.339 e. The molecule has 5 heteroatoms. The van der Waals surface area contributed by atoms with Crippen molar-refractivity contribution in [2.75, 3.05) is 7.11 Å². The number of benzene rings is 2. The number of carbonyl (C=O) groups excluding carboxylic acids is 2. The predicted molar refractivity (Wildman–Crippen MR) is 80.8 cm³/mol. The maximum absolute atomic E-state index is 12.2. The highest BCUT2D eigenvalue weighted by Crippen LogP contribution is 2.41. The van der Waals surface area contributed by atoms with Gasteiger partial charge in [0.2, 0.25) is 0 Å². The van der Waals surface area contributed by atoms with Crippen LogP contribution in [-0.4, -0.2) is 19.0 Å². The molecule has 22 heavy (non-hydrogen) atoms. The fraction of sp³-hybridized carbons (Fsp3) is 0.176. The molecule has 0 amide bonds. The Kier molecular flexibility index (Phi) is 3.86. The van der Waals surface area contributed by atoms with Crippen LogP contribution in [0, 0.1) is 0 Å². The lowest BCUT2D eigenvalue weighted by molar-refractivity contribution is -0.146. The summed E-state index contributed by atoms with van der Waals surface area (Å²) < 4.78 is 10.4. The van der Waals surface area contributed by atoms with Gasteiger partial charge in [-0.3, -0.25) is 4.79 Å². The fourth-order valence-electron chi connectivity index (χ4n) is 2.65. The first kappa shape index (κ1) is 14.6. The van der Waals surface area contributed by atoms with Crippen LogP contribution in [0.3, 0.4) is 0 Å². The molecule has 0 spiro atoms. The number of methoxy groups -OCH3 is 1. The summed E-state index contributed by atoms with van der Waals surface area (Å²) in [5.41, 5.74) is 1.70. The zero-order chi connectivity index (χ0) is 15.7. The molecule has 0 saturated heterocycles. The highest BCUT2D eigenvalue weighted by Gasteiger charge is 2.41. The van der Waals surface area contributed by atoms with Crippen LogP contribution < -0.4 is 0 Å². The third-order valence-corrected chi connectivity index (χ3v) is 3.96. The van der Waals surface area contributed by atoms with Gasteiger partial charge in [-0.05, 0) is 29.3 Å². The van der Waals surface area contributed by atoms with Crippen LogP contribution >= 0.6 is 11.6 Å². The number of hydrogen-bond donors (Lipinski definition) is 0. The van der Waals surface area contributed by atoms with Gasteiger partial charge in [-0.1, -0.05) is 41.9 Å². The third-order valence-electron chi connectivity index (χ3n) is 3.71. The second-order valence-electron chi connectivity index (χ2n) is 4.97. The Bertz CT molecular complexity index is 724. The van der Waals surface area contributed by atoms with Gasteiger partial charge >= 0.3 is 11.9 Å². The van der Waals surface area contributed by atoms with Crippen molar-refractivity contribution >= 4 is 23.5 Å². The third kappa shape index (κ3) is 2.46. The van der Waals surface area contributed by atoms with E-state index in [1.807, 2.05) is 0 Å². The van der Waals surface area contributed by atoms with Gasteiger partial charge in [0, 0.05) is 5.02 Å². The molecule has 0 radical (unpaired) electrons. The molecule has 3 rings (SSSR count). The Hall–Kier alpha value is -2.33. The van der Waals surface area contributed by atoms with E-state index in [0.29, 0.717) is 21.7 Å². The monoisotopic (exact) mass is 316 g/mol. The summed E-state index contributed by atoms with van der Waals surface area (Å²) in [7, 11) is 1.32. The molecule has 2 atom stereocenters. The maximum atomic E-state index is 12.2. The van der Waals surface area contributed by atoms with Gasteiger partial charge in [0.1, 0.15) is 12.0 Å². The van der Waals surface area contributed by atoms with Crippen molar-refractivity contribution in [3.8, 4) is 0 Å². The lowest BCUT2D eigenvalue weighted by atomic mass is 9.84. The number of rotatable bonds is 2. The summed E-state index contributed by atoms with van der Waals surface area (Å²) in [5.74, 6) is -1.59. The Balaban J connectivity index is 2.11. The largest absolute Gasteiger partial charge is 0.468 e. The molecule has 0 aromatic heterocycles. The molecule has 0 unspecified atom stereocenters. The number of carbonyl (C=O) groups is 2. The van der Waals surface area contributed by atoms with Crippen LogP contribution in [0.15, 0.2) is 48.5 Å². The maximum Gasteiger partial charge on any atom is 0.339 e. The quantitative estimate of drug-likeness (QED) is 0.796. The van der Waals surface area contributed by atoms with Crippen molar-refractivity contribution in [3.05, 3.63) is 70.2 Å². The molecule has 4 nitrogen and oxygen atoms in total. The van der Waals surface area contributed by atoms with Gasteiger partial charge in [-0.2, -0.15) is 0 Å². The molecule has 1 aliphatic heterocycles. The Labute approximate surface area is 132 Å². The number of halogens is 1. The zero-order valence-corrected chi connectivity index (χ0v) is 12.5. The summed E-state index contributed by atoms with van der Waals surface area (Å²) >= 11 is 5.89. The van der Waals surface area contributed by atoms with Gasteiger partial charge in [0.15, 0.2) is 0 Å². The van der Waals surface area contributed by atoms with E-state index in [9.17, 15) is 9.59 Å². The average Bonchev–Trinajstić information content (AvgIpc) is 2.55. The highest BCUT2D eigenvalue weighted by molar-refractivity contribution is 6.30. The number of fused-ring (bicyclic) bond motifs is 1. The molecule has 0 saturated carbocycles. The Morgan fingerprint density at radius 3 is 2.50 bits per heavy atom. The summed E-state index contributed by atoms with van der Waals surface area (Å²) in [6.07, 6.45) is -0.730. The SMILES string of the molecule is COC(=O)[C@@H]1c2ccccc2C(=O)O[C@H]1c1ccc(Cl)cc1. The van der Waals surface area contributed by atoms with E-state index in [-0.39, 0.29) is 0 Å². The minimum absolute atomic E-state index is 0.392. The first-order valence-electron chi connectivity index (χ1n) is 6.75. The highest BCUT2D eigenvalue weighted by atomic mass is 35.5. The van der Waals surface area contributed by atoms with Crippen molar-refractivity contribution in [1.82, 2.24) is 0 Å². The molecule has 0 N–H and O–H groups in total. The minimum atomic E-state index is -0.730. The number of ether oxygens (including phenoxy) is 2. The fourth-order valence-corrected chi connectivity index (χ4v) is 2.78. The number of hydrogen-bond acceptors (Lipinski definition) is 4. The van der Waals surface area contributed by atoms with Gasteiger partial charge < -0.3 is 9.47 Å². The molecule has 112 valence electrons. The number of cyclic esters (lactones) is 1. The predicted octanol–water partition coefficient (Wildman–Crippen LogP) is 3.51. The molecule has 0 aliphatic carbocycles. The first-order valence-corrected chi connectivity index (χ1v) is 7.13. The van der Waals surface area contributed by atoms with Gasteiger partial charge in [-0.15, -0.1) is 0 Å². The van der Waals surface area contributed by atoms with Gasteiger partial charge in [-0.25, -0.2) is 4.79 Å². The van der Waals surface area contributed by atoms with Crippen LogP contribution in [0.5, 0.6) is 0 Å². The molecule has 2 aromatic carbocycles. The van der Waals surface area contributed by atoms with E-state index in [4.69, 9.17) is 21.1 Å². The van der Waals surface area contributed by atoms with Crippen molar-refractivity contribution < 1.29 is 19.1 Å². The first-order chi connectivity index (χ1) is 10.6. The van der Waals surface area contributed by atoms with E-state index in [1.54, 1.807) is 48.5 Å². The van der Waals surface area contributed by atoms with E-state index >= 15 is 0 Å². The zero-order valence-electron chi connectivity index (χ0n) is 11.8. The summed E-state index contributed by atoms with van der Waals surface area (Å²) in [5, 5.41) is 0.570. The van der Waals surface area contributed by atoms with E-state index in [2.05, 4.69) is 0 Å². The lowest BCUT2D eigenvalue weighted by Gasteiger charge is -2.31. The van der Waals surface area contributed by atoms with Crippen molar-refractivity contribution in [2.24, 2.45) is 0 Å². The normalized spacial score (nSPS) is 20.0. The Morgan fingerprint density at radius 1 is 1.14 bits per heavy atom. The second-order valence-corrected chi connectivity index (χ2v) is 5.40. The van der Waals surface area contributed by atoms with Crippen LogP contribution in [0.25, 0.3) is 0 Å². The summed E-state index contributed by atoms with van der Waals surface area (Å²) in [4.78, 5) is 24.4. The topological polar surface area (TPSA) is 52.6 Å². The summed E-state index contributed by atoms with van der Waals surface area (Å²) in [6.45, 7) is 0. The van der Waals surface area contributed by atoms with Gasteiger partial charge in [0.25, 0.3) is 0 Å². The van der Waals surface area contributed by atoms with Crippen molar-refractivity contribution in [2.45, 2.75) is 12.0 Å². The second kappa shape index (κ2) is 5.81. The molecule has 0 fully saturated rings. The molecular weight excluding hydrogens is 304 g/mol. The van der Waals surface area contributed by atoms with E-state index in [1.165, 1.54) is 7.11 Å².